The summed E-state index contributed by atoms with van der Waals surface area (Å²) < 4.78 is 0. The lowest BCUT2D eigenvalue weighted by Crippen LogP contribution is -2.42. The number of amides is 1. The lowest BCUT2D eigenvalue weighted by atomic mass is 9.59. The largest absolute Gasteiger partial charge is 0.378 e. The number of carbonyl (C=O) groups is 5. The molecule has 4 aromatic carbocycles. The quantitative estimate of drug-likeness (QED) is 0.0896. The third-order valence-corrected chi connectivity index (χ3v) is 28.4. The number of benzene rings is 4. The Morgan fingerprint density at radius 1 is 0.422 bits per heavy atom. The highest BCUT2D eigenvalue weighted by atomic mass is 32.1. The first-order chi connectivity index (χ1) is 51.6. The fraction of sp³-hybridized carbons (Fsp3) is 0.456. The summed E-state index contributed by atoms with van der Waals surface area (Å²) in [5.74, 6) is 1.00. The Labute approximate surface area is 659 Å². The van der Waals surface area contributed by atoms with Crippen molar-refractivity contribution >= 4 is 97.1 Å². The average molecular weight is 1540 g/mol. The van der Waals surface area contributed by atoms with Gasteiger partial charge in [0.15, 0.2) is 23.1 Å². The van der Waals surface area contributed by atoms with Crippen LogP contribution in [0.2, 0.25) is 0 Å². The summed E-state index contributed by atoms with van der Waals surface area (Å²) in [6.07, 6.45) is 12.5. The second-order valence-corrected chi connectivity index (χ2v) is 38.3. The highest BCUT2D eigenvalue weighted by molar-refractivity contribution is 7.11. The number of nitrogens with zero attached hydrogens (tertiary/aromatic N) is 7. The molecule has 15 nitrogen and oxygen atoms in total. The van der Waals surface area contributed by atoms with Gasteiger partial charge in [-0.05, 0) is 132 Å². The van der Waals surface area contributed by atoms with Crippen molar-refractivity contribution in [1.29, 1.82) is 0 Å². The number of anilines is 3. The summed E-state index contributed by atoms with van der Waals surface area (Å²) in [4.78, 5) is 104. The van der Waals surface area contributed by atoms with Crippen LogP contribution in [0.5, 0.6) is 0 Å². The number of thiazole rings is 4. The molecule has 19 heteroatoms. The normalized spacial score (nSPS) is 23.6. The molecule has 0 fully saturated rings. The molecule has 0 radical (unpaired) electrons. The van der Waals surface area contributed by atoms with E-state index < -0.39 is 10.8 Å². The minimum Gasteiger partial charge on any atom is -0.378 e. The monoisotopic (exact) mass is 1540 g/mol. The van der Waals surface area contributed by atoms with E-state index in [0.29, 0.717) is 50.1 Å². The standard InChI is InChI=1S/C23H26N2O2S.2C23H28N2OS.C21H22N2O3S/c1-5-23(16-7-6-8-17(10-16)25-14(2)26)20-15(9-18-21(23)28-13-24-18)11-22(3,4)12-19(20)27;1-6-23(16-7-9-17(10-8-16)25(4)5)20-15(11-18-21(23)27-14-24-18)12-22(2,3)13-19(20)26;1-6-23(16-8-7-9-17(11-16)25(4)5)20-15(10-18-21(23)27-14-24-18)12-22(2,3)13-19(20)26;1-4-21(14-6-5-7-15(9-14)23(25)26)18-13(8-16-19(21)27-12-22-16)10-20(2,3)11-17(18)24/h6-8,10,13H,5,9,11-12H2,1-4H3,(H,25,26);7-10,14H,6,11-13H2,1-5H3;7-9,11,14H,6,10,12-13H2,1-5H3;5-7,9,12H,4,8,10-11H2,1-3H3. The third kappa shape index (κ3) is 14.0. The van der Waals surface area contributed by atoms with Crippen LogP contribution in [0.25, 0.3) is 0 Å². The van der Waals surface area contributed by atoms with Gasteiger partial charge in [-0.2, -0.15) is 0 Å². The number of rotatable bonds is 12. The van der Waals surface area contributed by atoms with Crippen LogP contribution in [0.3, 0.4) is 0 Å². The fourth-order valence-electron chi connectivity index (χ4n) is 20.1. The van der Waals surface area contributed by atoms with Crippen molar-refractivity contribution in [3.05, 3.63) is 238 Å². The van der Waals surface area contributed by atoms with Gasteiger partial charge >= 0.3 is 0 Å². The van der Waals surface area contributed by atoms with Crippen molar-refractivity contribution in [3.8, 4) is 0 Å². The molecule has 8 aliphatic rings. The molecule has 8 aromatic rings. The molecule has 1 N–H and O–H groups in total. The van der Waals surface area contributed by atoms with Gasteiger partial charge in [0, 0.05) is 157 Å². The van der Waals surface area contributed by atoms with E-state index >= 15 is 0 Å². The van der Waals surface area contributed by atoms with Crippen molar-refractivity contribution < 1.29 is 28.9 Å². The predicted octanol–water partition coefficient (Wildman–Crippen LogP) is 20.3. The first-order valence-corrected chi connectivity index (χ1v) is 42.1. The molecule has 0 aliphatic heterocycles. The zero-order valence-corrected chi connectivity index (χ0v) is 69.7. The number of Topliss-reactive ketones (excluding diaryl/α,β-unsaturated/α-hetero) is 4. The summed E-state index contributed by atoms with van der Waals surface area (Å²) in [7, 11) is 8.24. The van der Waals surface area contributed by atoms with Crippen molar-refractivity contribution in [1.82, 2.24) is 19.9 Å². The Kier molecular flexibility index (Phi) is 21.4. The van der Waals surface area contributed by atoms with Crippen LogP contribution in [-0.4, -0.2) is 82.1 Å². The molecule has 4 atom stereocenters. The van der Waals surface area contributed by atoms with E-state index in [9.17, 15) is 34.1 Å². The molecule has 109 heavy (non-hydrogen) atoms. The maximum Gasteiger partial charge on any atom is 0.269 e. The van der Waals surface area contributed by atoms with E-state index in [1.54, 1.807) is 57.5 Å². The number of allylic oxidation sites excluding steroid dienone is 8. The summed E-state index contributed by atoms with van der Waals surface area (Å²) in [6.45, 7) is 27.6. The zero-order valence-electron chi connectivity index (χ0n) is 66.5. The minimum atomic E-state index is -0.635. The topological polar surface area (TPSA) is 199 Å². The van der Waals surface area contributed by atoms with Crippen molar-refractivity contribution in [2.45, 2.75) is 214 Å². The molecule has 0 bridgehead atoms. The van der Waals surface area contributed by atoms with E-state index in [4.69, 9.17) is 9.97 Å². The van der Waals surface area contributed by atoms with Gasteiger partial charge < -0.3 is 15.1 Å². The fourth-order valence-corrected chi connectivity index (χ4v) is 24.5. The second-order valence-electron chi connectivity index (χ2n) is 34.9. The molecular weight excluding hydrogens is 1430 g/mol. The van der Waals surface area contributed by atoms with Gasteiger partial charge in [0.2, 0.25) is 5.91 Å². The van der Waals surface area contributed by atoms with Gasteiger partial charge in [0.05, 0.1) is 71.4 Å². The Bertz CT molecular complexity index is 5110. The SMILES string of the molecule is CCC1(c2ccc(N(C)C)cc2)C2=C(Cc3ncsc31)CC(C)(C)CC2=O.CCC1(c2cccc(N(C)C)c2)C2=C(Cc3ncsc31)CC(C)(C)CC2=O.CCC1(c2cccc(NC(C)=O)c2)C2=C(Cc3ncsc31)CC(C)(C)CC2=O.CCC1(c2cccc([N+](=O)[O-])c2)C2=C(Cc3ncsc31)CC(C)(C)CC2=O. The molecule has 0 saturated heterocycles. The van der Waals surface area contributed by atoms with Gasteiger partial charge in [0.1, 0.15) is 0 Å². The molecule has 0 spiro atoms. The first kappa shape index (κ1) is 78.6. The van der Waals surface area contributed by atoms with Gasteiger partial charge in [0.25, 0.3) is 5.69 Å². The lowest BCUT2D eigenvalue weighted by Gasteiger charge is -2.45. The Morgan fingerprint density at radius 2 is 0.734 bits per heavy atom. The number of nitrogens with one attached hydrogen (secondary N) is 1. The predicted molar refractivity (Wildman–Crippen MR) is 443 cm³/mol. The number of nitro groups is 1. The highest BCUT2D eigenvalue weighted by Crippen LogP contribution is 2.60. The van der Waals surface area contributed by atoms with Crippen LogP contribution in [0.4, 0.5) is 22.7 Å². The average Bonchev–Trinajstić information content (AvgIpc) is 1.30. The minimum absolute atomic E-state index is 0.0129. The maximum absolute atomic E-state index is 13.5. The van der Waals surface area contributed by atoms with Gasteiger partial charge in [-0.3, -0.25) is 34.1 Å². The van der Waals surface area contributed by atoms with Crippen LogP contribution in [-0.2, 0) is 71.3 Å². The smallest absolute Gasteiger partial charge is 0.269 e. The van der Waals surface area contributed by atoms with E-state index in [1.165, 1.54) is 78.2 Å². The van der Waals surface area contributed by atoms with Crippen LogP contribution >= 0.6 is 45.3 Å². The number of hydrogen-bond acceptors (Lipinski definition) is 17. The molecule has 1 amide bonds. The van der Waals surface area contributed by atoms with E-state index in [-0.39, 0.29) is 60.6 Å². The van der Waals surface area contributed by atoms with Gasteiger partial charge in [-0.25, -0.2) is 19.9 Å². The van der Waals surface area contributed by atoms with Crippen LogP contribution in [0.1, 0.15) is 232 Å². The molecular formula is C90H104N8O7S4. The van der Waals surface area contributed by atoms with Gasteiger partial charge in [-0.15, -0.1) is 45.3 Å². The molecule has 570 valence electrons. The van der Waals surface area contributed by atoms with Gasteiger partial charge in [-0.1, -0.05) is 154 Å². The summed E-state index contributed by atoms with van der Waals surface area (Å²) >= 11 is 6.63. The number of aromatic nitrogens is 4. The molecule has 4 aromatic heterocycles. The van der Waals surface area contributed by atoms with E-state index in [1.807, 2.05) is 46.3 Å². The number of non-ortho nitro benzene ring substituents is 1. The Balaban J connectivity index is 0.000000128. The highest BCUT2D eigenvalue weighted by Gasteiger charge is 2.55. The molecule has 4 unspecified atom stereocenters. The number of nitro benzene ring substituents is 1. The van der Waals surface area contributed by atoms with E-state index in [2.05, 4.69) is 191 Å². The third-order valence-electron chi connectivity index (χ3n) is 24.3. The zero-order chi connectivity index (χ0) is 78.3. The van der Waals surface area contributed by atoms with E-state index in [0.717, 1.165) is 125 Å². The maximum atomic E-state index is 13.5. The van der Waals surface area contributed by atoms with Crippen LogP contribution < -0.4 is 15.1 Å². The van der Waals surface area contributed by atoms with Crippen LogP contribution in [0, 0.1) is 31.8 Å². The summed E-state index contributed by atoms with van der Waals surface area (Å²) in [6, 6.07) is 32.2. The number of hydrogen-bond donors (Lipinski definition) is 1. The molecule has 4 heterocycles. The first-order valence-electron chi connectivity index (χ1n) is 38.5. The second kappa shape index (κ2) is 29.6. The summed E-state index contributed by atoms with van der Waals surface area (Å²) in [5, 5.41) is 14.3. The number of fused-ring (bicyclic) bond motifs is 4. The van der Waals surface area contributed by atoms with Crippen molar-refractivity contribution in [3.63, 3.8) is 0 Å². The van der Waals surface area contributed by atoms with Crippen LogP contribution in [0.15, 0.2) is 164 Å². The Morgan fingerprint density at radius 3 is 1.06 bits per heavy atom. The molecule has 16 rings (SSSR count). The van der Waals surface area contributed by atoms with Crippen molar-refractivity contribution in [2.75, 3.05) is 43.3 Å². The lowest BCUT2D eigenvalue weighted by molar-refractivity contribution is -0.385. The number of carbonyl (C=O) groups excluding carboxylic acids is 5. The van der Waals surface area contributed by atoms with Crippen molar-refractivity contribution in [2.24, 2.45) is 21.7 Å². The number of ketones is 4. The molecule has 0 saturated carbocycles. The molecule has 8 aliphatic carbocycles. The Hall–Kier alpha value is -8.49. The summed E-state index contributed by atoms with van der Waals surface area (Å²) in [5.41, 5.74) is 26.8.